The van der Waals surface area contributed by atoms with Crippen LogP contribution in [-0.2, 0) is 0 Å². The van der Waals surface area contributed by atoms with Crippen LogP contribution in [0.4, 0.5) is 0 Å². The average molecular weight is 147 g/mol. The van der Waals surface area contributed by atoms with Gasteiger partial charge in [-0.2, -0.15) is 0 Å². The van der Waals surface area contributed by atoms with Crippen LogP contribution in [0.15, 0.2) is 0 Å². The minimum atomic E-state index is -0.976. The first kappa shape index (κ1) is 7.94. The minimum Gasteiger partial charge on any atom is -0.389 e. The summed E-state index contributed by atoms with van der Waals surface area (Å²) >= 11 is 0. The van der Waals surface area contributed by atoms with Gasteiger partial charge < -0.3 is 20.2 Å². The minimum absolute atomic E-state index is 0.429. The molecule has 2 atom stereocenters. The van der Waals surface area contributed by atoms with Crippen molar-refractivity contribution in [2.24, 2.45) is 0 Å². The molecule has 0 radical (unpaired) electrons. The fraction of sp³-hybridized carbons (Fsp3) is 1.00. The Morgan fingerprint density at radius 2 is 1.50 bits per heavy atom. The second-order valence-electron chi connectivity index (χ2n) is 2.85. The lowest BCUT2D eigenvalue weighted by atomic mass is 10.0. The van der Waals surface area contributed by atoms with Crippen LogP contribution in [0.1, 0.15) is 0 Å². The molecule has 0 amide bonds. The number of nitrogens with zero attached hydrogens (tertiary/aromatic N) is 1. The van der Waals surface area contributed by atoms with Crippen molar-refractivity contribution in [1.82, 2.24) is 4.90 Å². The molecule has 4 nitrogen and oxygen atoms in total. The van der Waals surface area contributed by atoms with Crippen molar-refractivity contribution in [2.75, 3.05) is 20.1 Å². The molecule has 10 heavy (non-hydrogen) atoms. The van der Waals surface area contributed by atoms with Crippen molar-refractivity contribution in [3.05, 3.63) is 0 Å². The van der Waals surface area contributed by atoms with Gasteiger partial charge in [-0.3, -0.25) is 0 Å². The molecule has 1 fully saturated rings. The number of likely N-dealkylation sites (tertiary alicyclic amines) is 1. The molecular weight excluding hydrogens is 134 g/mol. The summed E-state index contributed by atoms with van der Waals surface area (Å²) in [5.41, 5.74) is 0. The molecule has 0 spiro atoms. The third-order valence-electron chi connectivity index (χ3n) is 1.79. The zero-order chi connectivity index (χ0) is 7.72. The summed E-state index contributed by atoms with van der Waals surface area (Å²) in [7, 11) is 1.79. The van der Waals surface area contributed by atoms with Crippen LogP contribution in [-0.4, -0.2) is 58.7 Å². The molecule has 3 N–H and O–H groups in total. The number of hydrogen-bond donors (Lipinski definition) is 3. The summed E-state index contributed by atoms with van der Waals surface area (Å²) in [4.78, 5) is 1.78. The topological polar surface area (TPSA) is 63.9 Å². The molecular formula is C6H13NO3. The van der Waals surface area contributed by atoms with E-state index in [1.165, 1.54) is 0 Å². The van der Waals surface area contributed by atoms with Crippen molar-refractivity contribution in [3.63, 3.8) is 0 Å². The summed E-state index contributed by atoms with van der Waals surface area (Å²) in [6.45, 7) is 0.858. The van der Waals surface area contributed by atoms with Gasteiger partial charge in [0.1, 0.15) is 6.10 Å². The maximum absolute atomic E-state index is 9.07. The molecule has 1 aliphatic heterocycles. The van der Waals surface area contributed by atoms with E-state index in [1.807, 2.05) is 0 Å². The van der Waals surface area contributed by atoms with Gasteiger partial charge in [0.25, 0.3) is 0 Å². The zero-order valence-electron chi connectivity index (χ0n) is 5.94. The van der Waals surface area contributed by atoms with Gasteiger partial charge in [-0.1, -0.05) is 0 Å². The van der Waals surface area contributed by atoms with E-state index in [9.17, 15) is 0 Å². The number of aliphatic hydroxyl groups is 3. The summed E-state index contributed by atoms with van der Waals surface area (Å²) in [5, 5.41) is 27.2. The van der Waals surface area contributed by atoms with Crippen LogP contribution in [0.3, 0.4) is 0 Å². The van der Waals surface area contributed by atoms with Gasteiger partial charge in [-0.25, -0.2) is 0 Å². The number of likely N-dealkylation sites (N-methyl/N-ethyl adjacent to an activating group) is 1. The Morgan fingerprint density at radius 1 is 1.10 bits per heavy atom. The van der Waals surface area contributed by atoms with Gasteiger partial charge in [0.05, 0.1) is 12.2 Å². The first-order valence-corrected chi connectivity index (χ1v) is 3.34. The predicted octanol–water partition coefficient (Wildman–Crippen LogP) is -1.99. The Hall–Kier alpha value is -0.160. The first-order chi connectivity index (χ1) is 4.61. The number of β-amino-alcohol motifs (C(OH)–C–C–N with tert-alkyl or cyclic N) is 2. The Bertz CT molecular complexity index is 108. The fourth-order valence-corrected chi connectivity index (χ4v) is 1.19. The van der Waals surface area contributed by atoms with Gasteiger partial charge in [0, 0.05) is 13.1 Å². The first-order valence-electron chi connectivity index (χ1n) is 3.34. The Labute approximate surface area is 59.7 Å². The number of piperidine rings is 1. The molecule has 0 aromatic rings. The molecule has 4 heteroatoms. The zero-order valence-corrected chi connectivity index (χ0v) is 5.94. The SMILES string of the molecule is CN1C[C@@H](O)C(O)[C@H](O)C1. The third-order valence-corrected chi connectivity index (χ3v) is 1.79. The largest absolute Gasteiger partial charge is 0.389 e. The molecule has 0 unspecified atom stereocenters. The highest BCUT2D eigenvalue weighted by Crippen LogP contribution is 2.09. The molecule has 0 bridgehead atoms. The van der Waals surface area contributed by atoms with E-state index in [2.05, 4.69) is 0 Å². The van der Waals surface area contributed by atoms with E-state index >= 15 is 0 Å². The smallest absolute Gasteiger partial charge is 0.108 e. The van der Waals surface area contributed by atoms with E-state index < -0.39 is 18.3 Å². The molecule has 1 heterocycles. The molecule has 0 aromatic heterocycles. The molecule has 1 aliphatic rings. The van der Waals surface area contributed by atoms with Crippen LogP contribution in [0.5, 0.6) is 0 Å². The second kappa shape index (κ2) is 2.84. The number of aliphatic hydroxyl groups excluding tert-OH is 3. The molecule has 1 saturated heterocycles. The van der Waals surface area contributed by atoms with E-state index in [4.69, 9.17) is 15.3 Å². The van der Waals surface area contributed by atoms with E-state index in [0.717, 1.165) is 0 Å². The van der Waals surface area contributed by atoms with Crippen LogP contribution in [0.25, 0.3) is 0 Å². The van der Waals surface area contributed by atoms with E-state index in [1.54, 1.807) is 11.9 Å². The van der Waals surface area contributed by atoms with E-state index in [-0.39, 0.29) is 0 Å². The summed E-state index contributed by atoms with van der Waals surface area (Å²) in [6, 6.07) is 0. The fourth-order valence-electron chi connectivity index (χ4n) is 1.19. The lowest BCUT2D eigenvalue weighted by Gasteiger charge is -2.34. The van der Waals surface area contributed by atoms with Crippen molar-refractivity contribution in [2.45, 2.75) is 18.3 Å². The Morgan fingerprint density at radius 3 is 1.90 bits per heavy atom. The van der Waals surface area contributed by atoms with Crippen molar-refractivity contribution < 1.29 is 15.3 Å². The normalized spacial score (nSPS) is 38.4. The molecule has 0 aliphatic carbocycles. The molecule has 1 rings (SSSR count). The van der Waals surface area contributed by atoms with Crippen molar-refractivity contribution >= 4 is 0 Å². The van der Waals surface area contributed by atoms with Gasteiger partial charge in [-0.15, -0.1) is 0 Å². The monoisotopic (exact) mass is 147 g/mol. The Kier molecular flexibility index (Phi) is 2.25. The van der Waals surface area contributed by atoms with Crippen LogP contribution in [0, 0.1) is 0 Å². The Balaban J connectivity index is 2.49. The van der Waals surface area contributed by atoms with Gasteiger partial charge >= 0.3 is 0 Å². The third kappa shape index (κ3) is 1.46. The quantitative estimate of drug-likeness (QED) is 0.371. The number of rotatable bonds is 0. The van der Waals surface area contributed by atoms with Crippen LogP contribution < -0.4 is 0 Å². The average Bonchev–Trinajstić information content (AvgIpc) is 1.82. The van der Waals surface area contributed by atoms with Crippen LogP contribution >= 0.6 is 0 Å². The van der Waals surface area contributed by atoms with Crippen LogP contribution in [0.2, 0.25) is 0 Å². The molecule has 0 aromatic carbocycles. The maximum atomic E-state index is 9.07. The summed E-state index contributed by atoms with van der Waals surface area (Å²) < 4.78 is 0. The van der Waals surface area contributed by atoms with Crippen molar-refractivity contribution in [3.8, 4) is 0 Å². The molecule has 0 saturated carbocycles. The highest BCUT2D eigenvalue weighted by molar-refractivity contribution is 4.84. The van der Waals surface area contributed by atoms with Gasteiger partial charge in [-0.05, 0) is 7.05 Å². The van der Waals surface area contributed by atoms with E-state index in [0.29, 0.717) is 13.1 Å². The lowest BCUT2D eigenvalue weighted by Crippen LogP contribution is -2.53. The molecule has 60 valence electrons. The second-order valence-corrected chi connectivity index (χ2v) is 2.85. The number of hydrogen-bond acceptors (Lipinski definition) is 4. The highest BCUT2D eigenvalue weighted by Gasteiger charge is 2.31. The predicted molar refractivity (Wildman–Crippen MR) is 35.5 cm³/mol. The summed E-state index contributed by atoms with van der Waals surface area (Å²) in [6.07, 6.45) is -2.60. The van der Waals surface area contributed by atoms with Gasteiger partial charge in [0.2, 0.25) is 0 Å². The summed E-state index contributed by atoms with van der Waals surface area (Å²) in [5.74, 6) is 0. The maximum Gasteiger partial charge on any atom is 0.108 e. The van der Waals surface area contributed by atoms with Crippen molar-refractivity contribution in [1.29, 1.82) is 0 Å². The lowest BCUT2D eigenvalue weighted by molar-refractivity contribution is -0.104. The standard InChI is InChI=1S/C6H13NO3/c1-7-2-4(8)6(10)5(9)3-7/h4-6,8-10H,2-3H2,1H3/t4-,5-/m1/s1. The van der Waals surface area contributed by atoms with Gasteiger partial charge in [0.15, 0.2) is 0 Å². The highest BCUT2D eigenvalue weighted by atomic mass is 16.4.